The number of fused-ring (bicyclic) bond motifs is 2. The van der Waals surface area contributed by atoms with Crippen molar-refractivity contribution in [1.82, 2.24) is 14.9 Å². The molecule has 2 aliphatic rings. The van der Waals surface area contributed by atoms with E-state index in [1.54, 1.807) is 6.20 Å². The maximum Gasteiger partial charge on any atom is 0.257 e. The number of nitrogens with zero attached hydrogens (tertiary/aromatic N) is 3. The molecule has 8 heteroatoms. The summed E-state index contributed by atoms with van der Waals surface area (Å²) in [4.78, 5) is 24.4. The second-order valence-electron chi connectivity index (χ2n) is 7.77. The number of nitrogens with one attached hydrogen (secondary N) is 1. The van der Waals surface area contributed by atoms with Gasteiger partial charge in [-0.15, -0.1) is 12.4 Å². The first-order valence-corrected chi connectivity index (χ1v) is 10.4. The predicted molar refractivity (Wildman–Crippen MR) is 122 cm³/mol. The van der Waals surface area contributed by atoms with Crippen LogP contribution >= 0.6 is 12.4 Å². The molecule has 2 aliphatic heterocycles. The molecule has 0 radical (unpaired) electrons. The third kappa shape index (κ3) is 4.23. The Labute approximate surface area is 187 Å². The summed E-state index contributed by atoms with van der Waals surface area (Å²) < 4.78 is 10.9. The SMILES string of the molecule is Cc1ccc2c(Nc3ccc4c(c3)OCO4)c(C(=O)N3CCCCCC3)cnc2n1.Cl. The maximum atomic E-state index is 13.4. The highest BCUT2D eigenvalue weighted by Crippen LogP contribution is 2.37. The number of rotatable bonds is 3. The van der Waals surface area contributed by atoms with Gasteiger partial charge in [-0.25, -0.2) is 9.97 Å². The Morgan fingerprint density at radius 3 is 2.61 bits per heavy atom. The van der Waals surface area contributed by atoms with Crippen molar-refractivity contribution in [2.24, 2.45) is 0 Å². The number of likely N-dealkylation sites (tertiary alicyclic amines) is 1. The van der Waals surface area contributed by atoms with Crippen molar-refractivity contribution in [2.75, 3.05) is 25.2 Å². The minimum Gasteiger partial charge on any atom is -0.454 e. The maximum absolute atomic E-state index is 13.4. The van der Waals surface area contributed by atoms with Gasteiger partial charge in [-0.05, 0) is 44.0 Å². The lowest BCUT2D eigenvalue weighted by Crippen LogP contribution is -2.32. The zero-order valence-corrected chi connectivity index (χ0v) is 18.2. The van der Waals surface area contributed by atoms with Gasteiger partial charge in [0.05, 0.1) is 11.3 Å². The van der Waals surface area contributed by atoms with Crippen LogP contribution in [0, 0.1) is 6.92 Å². The molecule has 0 spiro atoms. The number of halogens is 1. The molecule has 0 unspecified atom stereocenters. The van der Waals surface area contributed by atoms with E-state index >= 15 is 0 Å². The number of aromatic nitrogens is 2. The van der Waals surface area contributed by atoms with Gasteiger partial charge in [0.25, 0.3) is 5.91 Å². The van der Waals surface area contributed by atoms with Gasteiger partial charge >= 0.3 is 0 Å². The molecule has 31 heavy (non-hydrogen) atoms. The third-order valence-corrected chi connectivity index (χ3v) is 5.63. The first kappa shape index (κ1) is 21.2. The zero-order chi connectivity index (χ0) is 20.5. The molecule has 5 rings (SSSR count). The van der Waals surface area contributed by atoms with Gasteiger partial charge in [-0.3, -0.25) is 4.79 Å². The van der Waals surface area contributed by atoms with Gasteiger partial charge in [0.2, 0.25) is 6.79 Å². The van der Waals surface area contributed by atoms with E-state index in [0.29, 0.717) is 17.0 Å². The minimum absolute atomic E-state index is 0. The van der Waals surface area contributed by atoms with E-state index in [0.717, 1.165) is 54.1 Å². The summed E-state index contributed by atoms with van der Waals surface area (Å²) in [7, 11) is 0. The van der Waals surface area contributed by atoms with Gasteiger partial charge in [-0.1, -0.05) is 12.8 Å². The highest BCUT2D eigenvalue weighted by Gasteiger charge is 2.23. The molecule has 0 bridgehead atoms. The smallest absolute Gasteiger partial charge is 0.257 e. The Morgan fingerprint density at radius 1 is 1.03 bits per heavy atom. The minimum atomic E-state index is 0. The molecule has 1 aromatic carbocycles. The number of hydrogen-bond donors (Lipinski definition) is 1. The van der Waals surface area contributed by atoms with Crippen molar-refractivity contribution in [3.63, 3.8) is 0 Å². The van der Waals surface area contributed by atoms with Crippen LogP contribution in [0.3, 0.4) is 0 Å². The average molecular weight is 441 g/mol. The molecule has 162 valence electrons. The Morgan fingerprint density at radius 2 is 1.81 bits per heavy atom. The fraction of sp³-hybridized carbons (Fsp3) is 0.348. The quantitative estimate of drug-likeness (QED) is 0.627. The molecule has 3 aromatic rings. The molecule has 2 aromatic heterocycles. The third-order valence-electron chi connectivity index (χ3n) is 5.63. The van der Waals surface area contributed by atoms with Crippen molar-refractivity contribution in [3.8, 4) is 11.5 Å². The number of carbonyl (C=O) groups excluding carboxylic acids is 1. The van der Waals surface area contributed by atoms with Gasteiger partial charge in [0.15, 0.2) is 17.1 Å². The summed E-state index contributed by atoms with van der Waals surface area (Å²) in [5.74, 6) is 1.42. The lowest BCUT2D eigenvalue weighted by Gasteiger charge is -2.22. The normalized spacial score (nSPS) is 15.3. The second-order valence-corrected chi connectivity index (χ2v) is 7.77. The molecule has 0 saturated carbocycles. The zero-order valence-electron chi connectivity index (χ0n) is 17.4. The highest BCUT2D eigenvalue weighted by molar-refractivity contribution is 6.07. The molecule has 7 nitrogen and oxygen atoms in total. The first-order valence-electron chi connectivity index (χ1n) is 10.4. The van der Waals surface area contributed by atoms with Crippen LogP contribution in [0.5, 0.6) is 11.5 Å². The Kier molecular flexibility index (Phi) is 6.13. The number of ether oxygens (including phenoxy) is 2. The van der Waals surface area contributed by atoms with E-state index in [1.165, 1.54) is 12.8 Å². The Balaban J connectivity index is 0.00000231. The molecular weight excluding hydrogens is 416 g/mol. The topological polar surface area (TPSA) is 76.6 Å². The standard InChI is InChI=1S/C23H24N4O3.ClH/c1-15-6-8-17-21(26-16-7-9-19-20(12-16)30-14-29-19)18(13-24-22(17)25-15)23(28)27-10-4-2-3-5-11-27;/h6-9,12-13H,2-5,10-11,14H2,1H3,(H,24,25,26);1H. The van der Waals surface area contributed by atoms with E-state index in [-0.39, 0.29) is 25.1 Å². The van der Waals surface area contributed by atoms with Crippen molar-refractivity contribution < 1.29 is 14.3 Å². The second kappa shape index (κ2) is 8.98. The van der Waals surface area contributed by atoms with Crippen LogP contribution < -0.4 is 14.8 Å². The summed E-state index contributed by atoms with van der Waals surface area (Å²) in [6.07, 6.45) is 6.07. The predicted octanol–water partition coefficient (Wildman–Crippen LogP) is 4.85. The summed E-state index contributed by atoms with van der Waals surface area (Å²) in [5, 5.41) is 4.26. The summed E-state index contributed by atoms with van der Waals surface area (Å²) in [6.45, 7) is 3.72. The van der Waals surface area contributed by atoms with E-state index in [9.17, 15) is 4.79 Å². The molecule has 1 amide bonds. The molecular formula is C23H25ClN4O3. The van der Waals surface area contributed by atoms with Crippen molar-refractivity contribution in [1.29, 1.82) is 0 Å². The molecule has 1 N–H and O–H groups in total. The molecule has 0 aliphatic carbocycles. The highest BCUT2D eigenvalue weighted by atomic mass is 35.5. The summed E-state index contributed by atoms with van der Waals surface area (Å²) >= 11 is 0. The van der Waals surface area contributed by atoms with Gasteiger partial charge in [-0.2, -0.15) is 0 Å². The van der Waals surface area contributed by atoms with Crippen LogP contribution in [0.25, 0.3) is 11.0 Å². The Hall–Kier alpha value is -3.06. The molecule has 4 heterocycles. The molecule has 1 saturated heterocycles. The average Bonchev–Trinajstić information content (AvgIpc) is 3.05. The molecule has 1 fully saturated rings. The summed E-state index contributed by atoms with van der Waals surface area (Å²) in [5.41, 5.74) is 3.60. The van der Waals surface area contributed by atoms with E-state index in [2.05, 4.69) is 15.3 Å². The fourth-order valence-electron chi connectivity index (χ4n) is 4.03. The summed E-state index contributed by atoms with van der Waals surface area (Å²) in [6, 6.07) is 9.58. The van der Waals surface area contributed by atoms with Crippen molar-refractivity contribution in [2.45, 2.75) is 32.6 Å². The number of pyridine rings is 2. The fourth-order valence-corrected chi connectivity index (χ4v) is 4.03. The van der Waals surface area contributed by atoms with Crippen LogP contribution in [0.4, 0.5) is 11.4 Å². The van der Waals surface area contributed by atoms with Crippen LogP contribution in [0.15, 0.2) is 36.5 Å². The van der Waals surface area contributed by atoms with Crippen LogP contribution in [-0.4, -0.2) is 40.7 Å². The Bertz CT molecular complexity index is 1110. The molecule has 0 atom stereocenters. The number of anilines is 2. The van der Waals surface area contributed by atoms with Crippen LogP contribution in [0.2, 0.25) is 0 Å². The number of carbonyl (C=O) groups is 1. The van der Waals surface area contributed by atoms with Crippen LogP contribution in [0.1, 0.15) is 41.7 Å². The number of hydrogen-bond acceptors (Lipinski definition) is 6. The van der Waals surface area contributed by atoms with Crippen molar-refractivity contribution in [3.05, 3.63) is 47.8 Å². The monoisotopic (exact) mass is 440 g/mol. The van der Waals surface area contributed by atoms with E-state index < -0.39 is 0 Å². The van der Waals surface area contributed by atoms with E-state index in [1.807, 2.05) is 42.2 Å². The van der Waals surface area contributed by atoms with Crippen LogP contribution in [-0.2, 0) is 0 Å². The number of amides is 1. The largest absolute Gasteiger partial charge is 0.454 e. The van der Waals surface area contributed by atoms with Gasteiger partial charge < -0.3 is 19.7 Å². The van der Waals surface area contributed by atoms with Crippen molar-refractivity contribution >= 4 is 40.7 Å². The number of aryl methyl sites for hydroxylation is 1. The number of benzene rings is 1. The lowest BCUT2D eigenvalue weighted by molar-refractivity contribution is 0.0762. The lowest BCUT2D eigenvalue weighted by atomic mass is 10.1. The van der Waals surface area contributed by atoms with Gasteiger partial charge in [0, 0.05) is 42.1 Å². The first-order chi connectivity index (χ1) is 14.7. The van der Waals surface area contributed by atoms with E-state index in [4.69, 9.17) is 9.47 Å². The van der Waals surface area contributed by atoms with Gasteiger partial charge in [0.1, 0.15) is 0 Å².